The molecule has 1 aromatic heterocycles. The van der Waals surface area contributed by atoms with Crippen LogP contribution >= 0.6 is 11.3 Å². The summed E-state index contributed by atoms with van der Waals surface area (Å²) in [6, 6.07) is 0. The molecular formula is C17H28N2OS. The quantitative estimate of drug-likeness (QED) is 0.753. The van der Waals surface area contributed by atoms with Gasteiger partial charge in [-0.3, -0.25) is 4.79 Å². The van der Waals surface area contributed by atoms with Crippen LogP contribution in [-0.4, -0.2) is 18.9 Å². The first kappa shape index (κ1) is 16.3. The zero-order valence-electron chi connectivity index (χ0n) is 13.9. The predicted molar refractivity (Wildman–Crippen MR) is 92.6 cm³/mol. The van der Waals surface area contributed by atoms with Crippen LogP contribution in [0.5, 0.6) is 0 Å². The molecule has 4 heteroatoms. The summed E-state index contributed by atoms with van der Waals surface area (Å²) in [5.41, 5.74) is 8.32. The lowest BCUT2D eigenvalue weighted by atomic mass is 10.1. The van der Waals surface area contributed by atoms with Gasteiger partial charge in [-0.1, -0.05) is 27.7 Å². The van der Waals surface area contributed by atoms with E-state index < -0.39 is 0 Å². The highest BCUT2D eigenvalue weighted by Gasteiger charge is 2.34. The third-order valence-corrected chi connectivity index (χ3v) is 5.11. The highest BCUT2D eigenvalue weighted by atomic mass is 32.1. The van der Waals surface area contributed by atoms with Crippen LogP contribution in [-0.2, 0) is 0 Å². The minimum Gasteiger partial charge on any atom is -0.397 e. The summed E-state index contributed by atoms with van der Waals surface area (Å²) >= 11 is 1.61. The maximum absolute atomic E-state index is 11.9. The summed E-state index contributed by atoms with van der Waals surface area (Å²) in [4.78, 5) is 15.1. The molecule has 2 N–H and O–H groups in total. The van der Waals surface area contributed by atoms with Gasteiger partial charge in [0.25, 0.3) is 0 Å². The van der Waals surface area contributed by atoms with Crippen molar-refractivity contribution in [3.05, 3.63) is 10.4 Å². The van der Waals surface area contributed by atoms with Gasteiger partial charge in [-0.05, 0) is 30.6 Å². The number of anilines is 2. The van der Waals surface area contributed by atoms with E-state index in [4.69, 9.17) is 5.73 Å². The maximum Gasteiger partial charge on any atom is 0.171 e. The van der Waals surface area contributed by atoms with Crippen molar-refractivity contribution in [1.29, 1.82) is 0 Å². The number of hydrogen-bond donors (Lipinski definition) is 1. The first-order chi connectivity index (χ1) is 9.81. The zero-order chi connectivity index (χ0) is 15.7. The minimum atomic E-state index is 0.0969. The third kappa shape index (κ3) is 3.79. The van der Waals surface area contributed by atoms with Crippen molar-refractivity contribution in [2.24, 2.45) is 11.8 Å². The Morgan fingerprint density at radius 3 is 2.14 bits per heavy atom. The lowest BCUT2D eigenvalue weighted by Gasteiger charge is -2.28. The second-order valence-electron chi connectivity index (χ2n) is 7.09. The van der Waals surface area contributed by atoms with Crippen molar-refractivity contribution in [3.8, 4) is 0 Å². The average molecular weight is 308 g/mol. The number of carbonyl (C=O) groups excluding carboxylic acids is 1. The van der Waals surface area contributed by atoms with Crippen molar-refractivity contribution in [2.45, 2.75) is 53.4 Å². The Kier molecular flexibility index (Phi) is 4.97. The molecule has 0 atom stereocenters. The summed E-state index contributed by atoms with van der Waals surface area (Å²) < 4.78 is 0. The highest BCUT2D eigenvalue weighted by Crippen LogP contribution is 2.52. The Morgan fingerprint density at radius 1 is 1.24 bits per heavy atom. The maximum atomic E-state index is 11.9. The fourth-order valence-corrected chi connectivity index (χ4v) is 4.05. The Morgan fingerprint density at radius 2 is 1.76 bits per heavy atom. The summed E-state index contributed by atoms with van der Waals surface area (Å²) in [6.45, 7) is 12.6. The van der Waals surface area contributed by atoms with Crippen molar-refractivity contribution in [2.75, 3.05) is 23.7 Å². The zero-order valence-corrected chi connectivity index (χ0v) is 14.7. The average Bonchev–Trinajstić information content (AvgIpc) is 3.10. The van der Waals surface area contributed by atoms with Gasteiger partial charge in [0.1, 0.15) is 0 Å². The molecule has 1 aromatic rings. The number of nitrogens with two attached hydrogens (primary N) is 1. The Hall–Kier alpha value is -1.03. The van der Waals surface area contributed by atoms with Crippen LogP contribution in [0.3, 0.4) is 0 Å². The van der Waals surface area contributed by atoms with E-state index in [0.29, 0.717) is 17.8 Å². The largest absolute Gasteiger partial charge is 0.397 e. The summed E-state index contributed by atoms with van der Waals surface area (Å²) in [6.07, 6.45) is 2.42. The van der Waals surface area contributed by atoms with Crippen molar-refractivity contribution >= 4 is 27.8 Å². The summed E-state index contributed by atoms with van der Waals surface area (Å²) in [7, 11) is 0. The number of thiophene rings is 1. The molecule has 0 spiro atoms. The normalized spacial score (nSPS) is 15.0. The molecule has 1 fully saturated rings. The smallest absolute Gasteiger partial charge is 0.171 e. The molecule has 21 heavy (non-hydrogen) atoms. The van der Waals surface area contributed by atoms with Gasteiger partial charge in [-0.15, -0.1) is 11.3 Å². The number of rotatable bonds is 7. The number of Topliss-reactive ketones (excluding diaryl/α,β-unsaturated/α-hetero) is 1. The molecule has 1 heterocycles. The van der Waals surface area contributed by atoms with Gasteiger partial charge in [0.2, 0.25) is 0 Å². The van der Waals surface area contributed by atoms with E-state index in [1.165, 1.54) is 23.4 Å². The Labute approximate surface area is 132 Å². The van der Waals surface area contributed by atoms with Gasteiger partial charge in [-0.25, -0.2) is 0 Å². The molecule has 1 aliphatic rings. The van der Waals surface area contributed by atoms with Gasteiger partial charge in [0.05, 0.1) is 15.6 Å². The van der Waals surface area contributed by atoms with Crippen LogP contribution in [0.15, 0.2) is 0 Å². The summed E-state index contributed by atoms with van der Waals surface area (Å²) in [5.74, 6) is 1.87. The Bertz CT molecular complexity index is 505. The van der Waals surface area contributed by atoms with E-state index in [1.54, 1.807) is 18.3 Å². The van der Waals surface area contributed by atoms with Crippen LogP contribution in [0, 0.1) is 11.8 Å². The van der Waals surface area contributed by atoms with Gasteiger partial charge in [0.15, 0.2) is 5.78 Å². The first-order valence-corrected chi connectivity index (χ1v) is 8.80. The van der Waals surface area contributed by atoms with Crippen LogP contribution in [0.2, 0.25) is 0 Å². The van der Waals surface area contributed by atoms with E-state index in [9.17, 15) is 4.79 Å². The number of hydrogen-bond acceptors (Lipinski definition) is 4. The SMILES string of the molecule is CC(=O)c1sc(N(CC(C)C)CC(C)C)c(C2CC2)c1N. The second kappa shape index (κ2) is 6.39. The molecule has 118 valence electrons. The van der Waals surface area contributed by atoms with Crippen molar-refractivity contribution in [1.82, 2.24) is 0 Å². The van der Waals surface area contributed by atoms with E-state index >= 15 is 0 Å². The number of ketones is 1. The highest BCUT2D eigenvalue weighted by molar-refractivity contribution is 7.18. The molecule has 0 aromatic carbocycles. The molecule has 0 saturated heterocycles. The standard InChI is InChI=1S/C17H28N2OS/c1-10(2)8-19(9-11(3)4)17-14(13-6-7-13)15(18)16(21-17)12(5)20/h10-11,13H,6-9,18H2,1-5H3. The molecule has 1 aliphatic carbocycles. The summed E-state index contributed by atoms with van der Waals surface area (Å²) in [5, 5.41) is 1.25. The predicted octanol–water partition coefficient (Wildman–Crippen LogP) is 4.53. The Balaban J connectivity index is 2.42. The van der Waals surface area contributed by atoms with Gasteiger partial charge in [-0.2, -0.15) is 0 Å². The van der Waals surface area contributed by atoms with E-state index in [2.05, 4.69) is 32.6 Å². The van der Waals surface area contributed by atoms with E-state index in [1.807, 2.05) is 0 Å². The third-order valence-electron chi connectivity index (χ3n) is 3.73. The van der Waals surface area contributed by atoms with E-state index in [-0.39, 0.29) is 5.78 Å². The molecule has 0 aliphatic heterocycles. The molecule has 3 nitrogen and oxygen atoms in total. The lowest BCUT2D eigenvalue weighted by molar-refractivity contribution is 0.102. The van der Waals surface area contributed by atoms with Crippen molar-refractivity contribution < 1.29 is 4.79 Å². The van der Waals surface area contributed by atoms with Crippen LogP contribution in [0.25, 0.3) is 0 Å². The molecular weight excluding hydrogens is 280 g/mol. The lowest BCUT2D eigenvalue weighted by Crippen LogP contribution is -2.31. The fraction of sp³-hybridized carbons (Fsp3) is 0.706. The number of nitrogen functional groups attached to an aromatic ring is 1. The molecule has 0 amide bonds. The van der Waals surface area contributed by atoms with Crippen LogP contribution < -0.4 is 10.6 Å². The van der Waals surface area contributed by atoms with Gasteiger partial charge < -0.3 is 10.6 Å². The van der Waals surface area contributed by atoms with Crippen LogP contribution in [0.4, 0.5) is 10.7 Å². The van der Waals surface area contributed by atoms with Gasteiger partial charge in [0, 0.05) is 25.6 Å². The fourth-order valence-electron chi connectivity index (χ4n) is 2.83. The first-order valence-electron chi connectivity index (χ1n) is 7.99. The van der Waals surface area contributed by atoms with Crippen LogP contribution in [0.1, 0.15) is 68.6 Å². The monoisotopic (exact) mass is 308 g/mol. The number of nitrogens with zero attached hydrogens (tertiary/aromatic N) is 1. The second-order valence-corrected chi connectivity index (χ2v) is 8.09. The number of carbonyl (C=O) groups is 1. The molecule has 0 bridgehead atoms. The van der Waals surface area contributed by atoms with E-state index in [0.717, 1.165) is 23.7 Å². The molecule has 2 rings (SSSR count). The minimum absolute atomic E-state index is 0.0969. The van der Waals surface area contributed by atoms with Crippen molar-refractivity contribution in [3.63, 3.8) is 0 Å². The topological polar surface area (TPSA) is 46.3 Å². The van der Waals surface area contributed by atoms with Gasteiger partial charge >= 0.3 is 0 Å². The molecule has 0 radical (unpaired) electrons. The molecule has 0 unspecified atom stereocenters. The molecule has 1 saturated carbocycles.